The van der Waals surface area contributed by atoms with Crippen molar-refractivity contribution in [2.24, 2.45) is 0 Å². The first-order valence-electron chi connectivity index (χ1n) is 8.35. The van der Waals surface area contributed by atoms with E-state index in [-0.39, 0.29) is 14.1 Å². The minimum Gasteiger partial charge on any atom is -0.0967 e. The van der Waals surface area contributed by atoms with Crippen molar-refractivity contribution >= 4 is 14.1 Å². The molecule has 0 bridgehead atoms. The van der Waals surface area contributed by atoms with Crippen LogP contribution >= 0.6 is 0 Å². The molecule has 1 heteroatoms. The Labute approximate surface area is 115 Å². The van der Waals surface area contributed by atoms with Crippen molar-refractivity contribution in [2.45, 2.75) is 101 Å². The first kappa shape index (κ1) is 17.5. The summed E-state index contributed by atoms with van der Waals surface area (Å²) in [6.45, 7) is 7.09. The topological polar surface area (TPSA) is 0 Å². The molecule has 0 aliphatic rings. The van der Waals surface area contributed by atoms with E-state index in [9.17, 15) is 0 Å². The van der Waals surface area contributed by atoms with Crippen LogP contribution in [-0.2, 0) is 0 Å². The van der Waals surface area contributed by atoms with E-state index in [1.54, 1.807) is 5.28 Å². The van der Waals surface area contributed by atoms with Gasteiger partial charge in [-0.2, -0.15) is 0 Å². The lowest BCUT2D eigenvalue weighted by atomic mass is 10.1. The highest BCUT2D eigenvalue weighted by Gasteiger charge is 2.09. The molecule has 0 atom stereocenters. The zero-order chi connectivity index (χ0) is 12.8. The van der Waals surface area contributed by atoms with Crippen molar-refractivity contribution in [3.8, 4) is 0 Å². The molecular weight excluding hydrogens is 219 g/mol. The molecule has 0 aromatic heterocycles. The summed E-state index contributed by atoms with van der Waals surface area (Å²) < 4.78 is 0. The lowest BCUT2D eigenvalue weighted by molar-refractivity contribution is 0.561. The molecule has 0 aliphatic carbocycles. The average Bonchev–Trinajstić information content (AvgIpc) is 2.36. The smallest absolute Gasteiger partial charge is 0.0967 e. The number of hydrogen-bond donors (Lipinski definition) is 0. The van der Waals surface area contributed by atoms with E-state index in [1.165, 1.54) is 74.8 Å². The van der Waals surface area contributed by atoms with Gasteiger partial charge in [0.2, 0.25) is 0 Å². The van der Waals surface area contributed by atoms with Crippen LogP contribution in [0.25, 0.3) is 0 Å². The van der Waals surface area contributed by atoms with E-state index < -0.39 is 0 Å². The minimum absolute atomic E-state index is 0.270. The van der Waals surface area contributed by atoms with Crippen molar-refractivity contribution in [1.82, 2.24) is 0 Å². The fourth-order valence-electron chi connectivity index (χ4n) is 2.62. The van der Waals surface area contributed by atoms with E-state index in [1.807, 2.05) is 0 Å². The Bertz CT molecular complexity index is 129. The molecule has 102 valence electrons. The van der Waals surface area contributed by atoms with Crippen molar-refractivity contribution in [3.05, 3.63) is 0 Å². The lowest BCUT2D eigenvalue weighted by Gasteiger charge is -2.06. The Balaban J connectivity index is 3.03. The predicted molar refractivity (Wildman–Crippen MR) is 83.4 cm³/mol. The minimum atomic E-state index is -0.270. The van der Waals surface area contributed by atoms with Gasteiger partial charge in [0, 0.05) is 0 Å². The van der Waals surface area contributed by atoms with E-state index in [2.05, 4.69) is 20.8 Å². The molecule has 17 heavy (non-hydrogen) atoms. The van der Waals surface area contributed by atoms with Gasteiger partial charge in [-0.15, -0.1) is 0 Å². The maximum atomic E-state index is 2.40. The normalized spacial score (nSPS) is 10.8. The van der Waals surface area contributed by atoms with Crippen molar-refractivity contribution in [2.75, 3.05) is 0 Å². The number of unbranched alkanes of at least 4 members (excludes halogenated alkanes) is 9. The molecule has 0 aromatic carbocycles. The van der Waals surface area contributed by atoms with Gasteiger partial charge < -0.3 is 0 Å². The maximum Gasteiger partial charge on any atom is 0.261 e. The fourth-order valence-corrected chi connectivity index (χ4v) is 4.88. The predicted octanol–water partition coefficient (Wildman–Crippen LogP) is 6.44. The highest BCUT2D eigenvalue weighted by molar-refractivity contribution is 6.58. The Morgan fingerprint density at radius 2 is 0.941 bits per heavy atom. The monoisotopic (exact) mass is 254 g/mol. The fraction of sp³-hybridized carbons (Fsp3) is 1.00. The molecular formula is C16H35Al. The number of rotatable bonds is 13. The van der Waals surface area contributed by atoms with Crippen LogP contribution < -0.4 is 0 Å². The first-order valence-corrected chi connectivity index (χ1v) is 10.8. The van der Waals surface area contributed by atoms with Crippen molar-refractivity contribution < 1.29 is 0 Å². The quantitative estimate of drug-likeness (QED) is 0.262. The van der Waals surface area contributed by atoms with Gasteiger partial charge in [-0.3, -0.25) is 0 Å². The summed E-state index contributed by atoms with van der Waals surface area (Å²) in [4.78, 5) is 0. The van der Waals surface area contributed by atoms with Gasteiger partial charge in [0.05, 0.1) is 0 Å². The second kappa shape index (κ2) is 14.6. The molecule has 0 unspecified atom stereocenters. The van der Waals surface area contributed by atoms with Crippen LogP contribution in [0.3, 0.4) is 0 Å². The molecule has 0 heterocycles. The summed E-state index contributed by atoms with van der Waals surface area (Å²) in [6.07, 6.45) is 14.8. The molecule has 0 spiro atoms. The Morgan fingerprint density at radius 1 is 0.529 bits per heavy atom. The molecule has 0 saturated heterocycles. The summed E-state index contributed by atoms with van der Waals surface area (Å²) in [5.74, 6) is 0. The largest absolute Gasteiger partial charge is 0.261 e. The third kappa shape index (κ3) is 12.8. The van der Waals surface area contributed by atoms with E-state index in [0.717, 1.165) is 0 Å². The van der Waals surface area contributed by atoms with Crippen LogP contribution in [0.5, 0.6) is 0 Å². The van der Waals surface area contributed by atoms with Crippen molar-refractivity contribution in [3.63, 3.8) is 0 Å². The number of hydrogen-bond acceptors (Lipinski definition) is 0. The Morgan fingerprint density at radius 3 is 1.35 bits per heavy atom. The molecule has 0 radical (unpaired) electrons. The van der Waals surface area contributed by atoms with Gasteiger partial charge in [-0.05, 0) is 0 Å². The van der Waals surface area contributed by atoms with E-state index >= 15 is 0 Å². The standard InChI is InChI=1S/C12H25.2C2H5.Al/c1-3-5-7-9-11-12-10-8-6-4-2;2*1-2;/h1,3-12H2,2H3;2*1H2,2H3;. The molecule has 0 nitrogen and oxygen atoms in total. The Kier molecular flexibility index (Phi) is 15.1. The van der Waals surface area contributed by atoms with Crippen LogP contribution in [0, 0.1) is 0 Å². The average molecular weight is 254 g/mol. The van der Waals surface area contributed by atoms with Crippen LogP contribution in [0.15, 0.2) is 0 Å². The molecule has 0 rings (SSSR count). The molecule has 0 aromatic rings. The summed E-state index contributed by atoms with van der Waals surface area (Å²) in [6, 6.07) is 0. The van der Waals surface area contributed by atoms with Gasteiger partial charge in [0.25, 0.3) is 14.1 Å². The molecule has 0 aliphatic heterocycles. The van der Waals surface area contributed by atoms with Gasteiger partial charge in [0.15, 0.2) is 0 Å². The second-order valence-electron chi connectivity index (χ2n) is 5.65. The van der Waals surface area contributed by atoms with Gasteiger partial charge in [-0.25, -0.2) is 0 Å². The highest BCUT2D eigenvalue weighted by Crippen LogP contribution is 2.14. The van der Waals surface area contributed by atoms with Crippen LogP contribution in [-0.4, -0.2) is 14.1 Å². The van der Waals surface area contributed by atoms with E-state index in [4.69, 9.17) is 0 Å². The third-order valence-corrected chi connectivity index (χ3v) is 7.65. The molecule has 0 saturated carbocycles. The van der Waals surface area contributed by atoms with Crippen LogP contribution in [0.4, 0.5) is 0 Å². The van der Waals surface area contributed by atoms with Crippen molar-refractivity contribution in [1.29, 1.82) is 0 Å². The summed E-state index contributed by atoms with van der Waals surface area (Å²) >= 11 is -0.270. The Hall–Kier alpha value is 0.532. The van der Waals surface area contributed by atoms with Gasteiger partial charge >= 0.3 is 0 Å². The lowest BCUT2D eigenvalue weighted by Crippen LogP contribution is -2.07. The maximum absolute atomic E-state index is 2.40. The molecule has 0 amide bonds. The van der Waals surface area contributed by atoms with Crippen LogP contribution in [0.1, 0.15) is 85.0 Å². The first-order chi connectivity index (χ1) is 8.35. The third-order valence-electron chi connectivity index (χ3n) is 4.12. The summed E-state index contributed by atoms with van der Waals surface area (Å²) in [5.41, 5.74) is 0. The summed E-state index contributed by atoms with van der Waals surface area (Å²) in [7, 11) is 0. The van der Waals surface area contributed by atoms with E-state index in [0.29, 0.717) is 0 Å². The molecule has 0 fully saturated rings. The summed E-state index contributed by atoms with van der Waals surface area (Å²) in [5, 5.41) is 4.66. The zero-order valence-electron chi connectivity index (χ0n) is 12.8. The second-order valence-corrected chi connectivity index (χ2v) is 9.60. The van der Waals surface area contributed by atoms with Gasteiger partial charge in [-0.1, -0.05) is 101 Å². The van der Waals surface area contributed by atoms with Crippen LogP contribution in [0.2, 0.25) is 15.8 Å². The van der Waals surface area contributed by atoms with Gasteiger partial charge in [0.1, 0.15) is 0 Å². The SMILES string of the molecule is CCCCCCCCCCC[CH2][Al]([CH2]C)[CH2]C. The zero-order valence-corrected chi connectivity index (χ0v) is 13.9. The molecule has 0 N–H and O–H groups in total. The highest BCUT2D eigenvalue weighted by atomic mass is 27.2.